The third-order valence-electron chi connectivity index (χ3n) is 5.69. The van der Waals surface area contributed by atoms with Crippen molar-refractivity contribution in [1.29, 1.82) is 0 Å². The van der Waals surface area contributed by atoms with Crippen LogP contribution in [-0.4, -0.2) is 18.5 Å². The molecule has 2 N–H and O–H groups in total. The van der Waals surface area contributed by atoms with E-state index in [9.17, 15) is 4.79 Å². The van der Waals surface area contributed by atoms with Gasteiger partial charge >= 0.3 is 0 Å². The minimum Gasteiger partial charge on any atom is -0.327 e. The van der Waals surface area contributed by atoms with Crippen LogP contribution in [-0.2, 0) is 17.6 Å². The number of anilines is 1. The molecule has 0 bridgehead atoms. The lowest BCUT2D eigenvalue weighted by Gasteiger charge is -2.26. The van der Waals surface area contributed by atoms with Gasteiger partial charge in [-0.1, -0.05) is 51.2 Å². The van der Waals surface area contributed by atoms with Gasteiger partial charge in [0, 0.05) is 24.2 Å². The molecule has 1 heterocycles. The summed E-state index contributed by atoms with van der Waals surface area (Å²) < 4.78 is 0. The first-order valence-electron chi connectivity index (χ1n) is 9.87. The van der Waals surface area contributed by atoms with Crippen molar-refractivity contribution in [3.05, 3.63) is 29.3 Å². The van der Waals surface area contributed by atoms with Gasteiger partial charge in [-0.2, -0.15) is 0 Å². The number of rotatable bonds is 6. The van der Waals surface area contributed by atoms with E-state index >= 15 is 0 Å². The first kappa shape index (κ1) is 17.5. The summed E-state index contributed by atoms with van der Waals surface area (Å²) in [5, 5.41) is 0. The summed E-state index contributed by atoms with van der Waals surface area (Å²) in [6.45, 7) is 3.07. The Hall–Kier alpha value is -1.35. The molecule has 1 amide bonds. The quantitative estimate of drug-likeness (QED) is 0.850. The van der Waals surface area contributed by atoms with E-state index < -0.39 is 0 Å². The van der Waals surface area contributed by atoms with E-state index in [2.05, 4.69) is 25.1 Å². The van der Waals surface area contributed by atoms with Gasteiger partial charge in [-0.25, -0.2) is 0 Å². The molecule has 1 unspecified atom stereocenters. The summed E-state index contributed by atoms with van der Waals surface area (Å²) in [6, 6.07) is 6.88. The van der Waals surface area contributed by atoms with Gasteiger partial charge in [0.25, 0.3) is 0 Å². The van der Waals surface area contributed by atoms with Crippen molar-refractivity contribution < 1.29 is 4.79 Å². The molecule has 132 valence electrons. The molecule has 0 spiro atoms. The molecular formula is C21H32N2O. The average Bonchev–Trinajstić information content (AvgIpc) is 3.03. The molecule has 24 heavy (non-hydrogen) atoms. The van der Waals surface area contributed by atoms with Crippen LogP contribution in [0.25, 0.3) is 0 Å². The summed E-state index contributed by atoms with van der Waals surface area (Å²) in [4.78, 5) is 14.9. The summed E-state index contributed by atoms with van der Waals surface area (Å²) in [6.07, 6.45) is 11.3. The number of nitrogens with zero attached hydrogens (tertiary/aromatic N) is 1. The number of hydrogen-bond donors (Lipinski definition) is 1. The molecule has 1 atom stereocenters. The molecular weight excluding hydrogens is 296 g/mol. The van der Waals surface area contributed by atoms with E-state index in [1.54, 1.807) is 0 Å². The Kier molecular flexibility index (Phi) is 5.94. The Morgan fingerprint density at radius 2 is 2.08 bits per heavy atom. The Bertz CT molecular complexity index is 563. The van der Waals surface area contributed by atoms with Gasteiger partial charge in [-0.15, -0.1) is 0 Å². The van der Waals surface area contributed by atoms with Gasteiger partial charge in [0.15, 0.2) is 0 Å². The van der Waals surface area contributed by atoms with Gasteiger partial charge < -0.3 is 10.6 Å². The van der Waals surface area contributed by atoms with Crippen LogP contribution in [0, 0.1) is 5.92 Å². The molecule has 2 aliphatic rings. The summed E-state index contributed by atoms with van der Waals surface area (Å²) >= 11 is 0. The molecule has 0 saturated heterocycles. The van der Waals surface area contributed by atoms with Crippen LogP contribution in [0.1, 0.15) is 69.4 Å². The predicted octanol–water partition coefficient (Wildman–Crippen LogP) is 4.22. The molecule has 1 aliphatic carbocycles. The van der Waals surface area contributed by atoms with Crippen LogP contribution in [0.2, 0.25) is 0 Å². The maximum atomic E-state index is 12.8. The van der Waals surface area contributed by atoms with Crippen LogP contribution in [0.5, 0.6) is 0 Å². The molecule has 1 saturated carbocycles. The number of fused-ring (bicyclic) bond motifs is 1. The number of hydrogen-bond acceptors (Lipinski definition) is 2. The number of amides is 1. The number of unbranched alkanes of at least 4 members (excludes halogenated alkanes) is 1. The fourth-order valence-corrected chi connectivity index (χ4v) is 4.25. The van der Waals surface area contributed by atoms with Crippen LogP contribution in [0.4, 0.5) is 5.69 Å². The van der Waals surface area contributed by atoms with Crippen LogP contribution >= 0.6 is 0 Å². The van der Waals surface area contributed by atoms with Crippen LogP contribution in [0.15, 0.2) is 18.2 Å². The molecule has 0 aromatic heterocycles. The summed E-state index contributed by atoms with van der Waals surface area (Å²) in [7, 11) is 0. The van der Waals surface area contributed by atoms with E-state index in [1.807, 2.05) is 4.90 Å². The highest BCUT2D eigenvalue weighted by Crippen LogP contribution is 2.33. The normalized spacial score (nSPS) is 19.3. The molecule has 1 aromatic rings. The maximum absolute atomic E-state index is 12.8. The molecule has 3 rings (SSSR count). The number of carbonyl (C=O) groups excluding carboxylic acids is 1. The van der Waals surface area contributed by atoms with Crippen molar-refractivity contribution in [2.75, 3.05) is 11.4 Å². The van der Waals surface area contributed by atoms with Crippen LogP contribution < -0.4 is 10.6 Å². The fourth-order valence-electron chi connectivity index (χ4n) is 4.25. The standard InChI is InChI=1S/C21H32N2O/c1-2-3-9-19(22)15-16-10-11-20-18(14-16)12-13-23(20)21(24)17-7-5-4-6-8-17/h10-11,14,17,19H,2-9,12-13,15,22H2,1H3. The second-order valence-corrected chi connectivity index (χ2v) is 7.64. The lowest BCUT2D eigenvalue weighted by molar-refractivity contribution is -0.123. The number of benzene rings is 1. The number of nitrogens with two attached hydrogens (primary N) is 1. The Balaban J connectivity index is 1.65. The SMILES string of the molecule is CCCCC(N)Cc1ccc2c(c1)CCN2C(=O)C1CCCCC1. The van der Waals surface area contributed by atoms with Crippen molar-refractivity contribution in [1.82, 2.24) is 0 Å². The highest BCUT2D eigenvalue weighted by molar-refractivity contribution is 5.97. The highest BCUT2D eigenvalue weighted by Gasteiger charge is 2.30. The first-order chi connectivity index (χ1) is 11.7. The topological polar surface area (TPSA) is 46.3 Å². The molecule has 1 aliphatic heterocycles. The van der Waals surface area contributed by atoms with Crippen molar-refractivity contribution in [2.45, 2.75) is 77.2 Å². The second-order valence-electron chi connectivity index (χ2n) is 7.64. The molecule has 1 fully saturated rings. The number of carbonyl (C=O) groups is 1. The fraction of sp³-hybridized carbons (Fsp3) is 0.667. The molecule has 0 radical (unpaired) electrons. The Labute approximate surface area is 146 Å². The van der Waals surface area contributed by atoms with Gasteiger partial charge in [0.05, 0.1) is 0 Å². The predicted molar refractivity (Wildman–Crippen MR) is 100 cm³/mol. The highest BCUT2D eigenvalue weighted by atomic mass is 16.2. The molecule has 1 aromatic carbocycles. The van der Waals surface area contributed by atoms with Crippen molar-refractivity contribution >= 4 is 11.6 Å². The van der Waals surface area contributed by atoms with Crippen molar-refractivity contribution in [2.24, 2.45) is 11.7 Å². The Morgan fingerprint density at radius 1 is 1.29 bits per heavy atom. The van der Waals surface area contributed by atoms with Gasteiger partial charge in [-0.3, -0.25) is 4.79 Å². The average molecular weight is 329 g/mol. The molecule has 3 nitrogen and oxygen atoms in total. The largest absolute Gasteiger partial charge is 0.327 e. The van der Waals surface area contributed by atoms with Gasteiger partial charge in [0.2, 0.25) is 5.91 Å². The van der Waals surface area contributed by atoms with E-state index in [-0.39, 0.29) is 12.0 Å². The smallest absolute Gasteiger partial charge is 0.230 e. The zero-order valence-corrected chi connectivity index (χ0v) is 15.1. The van der Waals surface area contributed by atoms with E-state index in [0.29, 0.717) is 5.91 Å². The zero-order chi connectivity index (χ0) is 16.9. The van der Waals surface area contributed by atoms with Crippen LogP contribution in [0.3, 0.4) is 0 Å². The lowest BCUT2D eigenvalue weighted by Crippen LogP contribution is -2.35. The zero-order valence-electron chi connectivity index (χ0n) is 15.1. The van der Waals surface area contributed by atoms with E-state index in [4.69, 9.17) is 5.73 Å². The first-order valence-corrected chi connectivity index (χ1v) is 9.87. The molecule has 3 heteroatoms. The lowest BCUT2D eigenvalue weighted by atomic mass is 9.88. The summed E-state index contributed by atoms with van der Waals surface area (Å²) in [5.74, 6) is 0.618. The third-order valence-corrected chi connectivity index (χ3v) is 5.69. The minimum atomic E-state index is 0.254. The van der Waals surface area contributed by atoms with Gasteiger partial charge in [-0.05, 0) is 49.3 Å². The Morgan fingerprint density at radius 3 is 2.83 bits per heavy atom. The summed E-state index contributed by atoms with van der Waals surface area (Å²) in [5.41, 5.74) is 10.1. The third kappa shape index (κ3) is 4.00. The maximum Gasteiger partial charge on any atom is 0.230 e. The second kappa shape index (κ2) is 8.15. The minimum absolute atomic E-state index is 0.254. The van der Waals surface area contributed by atoms with Crippen molar-refractivity contribution in [3.63, 3.8) is 0 Å². The monoisotopic (exact) mass is 328 g/mol. The van der Waals surface area contributed by atoms with Crippen molar-refractivity contribution in [3.8, 4) is 0 Å². The van der Waals surface area contributed by atoms with E-state index in [1.165, 1.54) is 43.2 Å². The van der Waals surface area contributed by atoms with E-state index in [0.717, 1.165) is 44.3 Å². The van der Waals surface area contributed by atoms with Gasteiger partial charge in [0.1, 0.15) is 0 Å².